The Balaban J connectivity index is 0.930. The molecule has 0 nitrogen and oxygen atoms in total. The summed E-state index contributed by atoms with van der Waals surface area (Å²) in [6.45, 7) is 4.68. The topological polar surface area (TPSA) is 0 Å². The minimum Gasteiger partial charge on any atom is -0.0654 e. The average molecular weight is 553 g/mol. The number of unbranched alkanes of at least 4 members (excludes halogenated alkanes) is 8. The lowest BCUT2D eigenvalue weighted by Crippen LogP contribution is -2.50. The number of hydrogen-bond acceptors (Lipinski definition) is 0. The van der Waals surface area contributed by atoms with E-state index in [1.165, 1.54) is 64.2 Å². The first kappa shape index (κ1) is 31.4. The van der Waals surface area contributed by atoms with Crippen LogP contribution < -0.4 is 0 Å². The minimum absolute atomic E-state index is 0.814. The van der Waals surface area contributed by atoms with Gasteiger partial charge in [0, 0.05) is 0 Å². The standard InChI is InChI=1S/C40H72/c1-3-5-7-9-11-13-33-15-19-35(20-16-33)37-23-27-39(28-24-37)31-40(32-39)29-25-38(26-30-40)36-21-17-34(18-22-36)14-12-10-8-6-4-2/h33-38H,3-32H2,1-2H3. The van der Waals surface area contributed by atoms with Gasteiger partial charge in [-0.05, 0) is 136 Å². The van der Waals surface area contributed by atoms with Crippen LogP contribution in [0, 0.1) is 46.3 Å². The van der Waals surface area contributed by atoms with E-state index >= 15 is 0 Å². The molecule has 5 aliphatic carbocycles. The Labute approximate surface area is 252 Å². The van der Waals surface area contributed by atoms with Crippen LogP contribution in [0.1, 0.15) is 206 Å². The molecule has 0 bridgehead atoms. The van der Waals surface area contributed by atoms with Crippen molar-refractivity contribution in [2.45, 2.75) is 206 Å². The summed E-state index contributed by atoms with van der Waals surface area (Å²) >= 11 is 0. The van der Waals surface area contributed by atoms with E-state index < -0.39 is 0 Å². The largest absolute Gasteiger partial charge is 0.0654 e. The molecule has 0 aliphatic heterocycles. The van der Waals surface area contributed by atoms with Crippen LogP contribution in [-0.4, -0.2) is 0 Å². The molecular formula is C40H72. The molecular weight excluding hydrogens is 480 g/mol. The zero-order valence-corrected chi connectivity index (χ0v) is 27.7. The van der Waals surface area contributed by atoms with Crippen molar-refractivity contribution in [3.05, 3.63) is 0 Å². The van der Waals surface area contributed by atoms with E-state index in [0.717, 1.165) is 46.3 Å². The predicted molar refractivity (Wildman–Crippen MR) is 176 cm³/mol. The molecule has 5 fully saturated rings. The normalized spacial score (nSPS) is 40.4. The first-order valence-electron chi connectivity index (χ1n) is 19.6. The third kappa shape index (κ3) is 8.55. The molecule has 0 aromatic carbocycles. The fraction of sp³-hybridized carbons (Fsp3) is 1.00. The summed E-state index contributed by atoms with van der Waals surface area (Å²) in [4.78, 5) is 0. The van der Waals surface area contributed by atoms with Gasteiger partial charge in [-0.2, -0.15) is 0 Å². The smallest absolute Gasteiger partial charge is 0.0287 e. The van der Waals surface area contributed by atoms with Crippen LogP contribution in [0.15, 0.2) is 0 Å². The summed E-state index contributed by atoms with van der Waals surface area (Å²) in [6.07, 6.45) is 46.6. The highest BCUT2D eigenvalue weighted by Gasteiger charge is 2.56. The van der Waals surface area contributed by atoms with Crippen molar-refractivity contribution in [3.63, 3.8) is 0 Å². The van der Waals surface area contributed by atoms with Crippen LogP contribution in [0.5, 0.6) is 0 Å². The lowest BCUT2D eigenvalue weighted by molar-refractivity contribution is -0.109. The van der Waals surface area contributed by atoms with Crippen LogP contribution in [0.25, 0.3) is 0 Å². The Hall–Kier alpha value is 0. The maximum Gasteiger partial charge on any atom is -0.0287 e. The summed E-state index contributed by atoms with van der Waals surface area (Å²) in [5.41, 5.74) is 1.63. The zero-order chi connectivity index (χ0) is 27.7. The molecule has 2 spiro atoms. The first-order chi connectivity index (χ1) is 19.6. The molecule has 0 unspecified atom stereocenters. The molecule has 0 heteroatoms. The molecule has 5 aliphatic rings. The minimum atomic E-state index is 0.814. The second-order valence-electron chi connectivity index (χ2n) is 17.0. The van der Waals surface area contributed by atoms with Crippen LogP contribution in [0.4, 0.5) is 0 Å². The summed E-state index contributed by atoms with van der Waals surface area (Å²) in [5, 5.41) is 0. The second kappa shape index (κ2) is 15.6. The molecule has 232 valence electrons. The van der Waals surface area contributed by atoms with Gasteiger partial charge in [0.1, 0.15) is 0 Å². The molecule has 0 N–H and O–H groups in total. The van der Waals surface area contributed by atoms with Crippen molar-refractivity contribution >= 4 is 0 Å². The van der Waals surface area contributed by atoms with Gasteiger partial charge >= 0.3 is 0 Å². The molecule has 5 saturated carbocycles. The van der Waals surface area contributed by atoms with Crippen LogP contribution in [-0.2, 0) is 0 Å². The fourth-order valence-electron chi connectivity index (χ4n) is 11.7. The molecule has 5 rings (SSSR count). The zero-order valence-electron chi connectivity index (χ0n) is 27.7. The monoisotopic (exact) mass is 553 g/mol. The first-order valence-corrected chi connectivity index (χ1v) is 19.6. The molecule has 0 aromatic heterocycles. The Morgan fingerprint density at radius 3 is 1.05 bits per heavy atom. The third-order valence-electron chi connectivity index (χ3n) is 14.2. The van der Waals surface area contributed by atoms with E-state index in [2.05, 4.69) is 13.8 Å². The van der Waals surface area contributed by atoms with Crippen molar-refractivity contribution in [2.24, 2.45) is 46.3 Å². The van der Waals surface area contributed by atoms with Crippen molar-refractivity contribution < 1.29 is 0 Å². The van der Waals surface area contributed by atoms with Gasteiger partial charge in [0.05, 0.1) is 0 Å². The van der Waals surface area contributed by atoms with Gasteiger partial charge in [0.25, 0.3) is 0 Å². The predicted octanol–water partition coefficient (Wildman–Crippen LogP) is 13.5. The molecule has 0 heterocycles. The van der Waals surface area contributed by atoms with Gasteiger partial charge in [0.2, 0.25) is 0 Å². The van der Waals surface area contributed by atoms with Gasteiger partial charge < -0.3 is 0 Å². The van der Waals surface area contributed by atoms with Crippen molar-refractivity contribution in [1.29, 1.82) is 0 Å². The molecule has 0 aromatic rings. The maximum atomic E-state index is 2.34. The molecule has 0 atom stereocenters. The van der Waals surface area contributed by atoms with Crippen LogP contribution in [0.2, 0.25) is 0 Å². The highest BCUT2D eigenvalue weighted by Crippen LogP contribution is 2.67. The fourth-order valence-corrected chi connectivity index (χ4v) is 11.7. The highest BCUT2D eigenvalue weighted by molar-refractivity contribution is 5.07. The van der Waals surface area contributed by atoms with Gasteiger partial charge in [-0.15, -0.1) is 0 Å². The van der Waals surface area contributed by atoms with Crippen molar-refractivity contribution in [2.75, 3.05) is 0 Å². The molecule has 40 heavy (non-hydrogen) atoms. The second-order valence-corrected chi connectivity index (χ2v) is 17.0. The van der Waals surface area contributed by atoms with E-state index in [4.69, 9.17) is 0 Å². The van der Waals surface area contributed by atoms with E-state index in [1.807, 2.05) is 0 Å². The Morgan fingerprint density at radius 1 is 0.375 bits per heavy atom. The molecule has 0 saturated heterocycles. The third-order valence-corrected chi connectivity index (χ3v) is 14.2. The Morgan fingerprint density at radius 2 is 0.700 bits per heavy atom. The lowest BCUT2D eigenvalue weighted by atomic mass is 9.43. The van der Waals surface area contributed by atoms with Crippen LogP contribution >= 0.6 is 0 Å². The number of hydrogen-bond donors (Lipinski definition) is 0. The summed E-state index contributed by atoms with van der Waals surface area (Å²) in [5.74, 6) is 6.60. The Bertz CT molecular complexity index is 605. The lowest BCUT2D eigenvalue weighted by Gasteiger charge is -2.62. The van der Waals surface area contributed by atoms with Gasteiger partial charge in [-0.3, -0.25) is 0 Å². The average Bonchev–Trinajstić information content (AvgIpc) is 2.98. The van der Waals surface area contributed by atoms with Crippen molar-refractivity contribution in [1.82, 2.24) is 0 Å². The van der Waals surface area contributed by atoms with Crippen LogP contribution in [0.3, 0.4) is 0 Å². The summed E-state index contributed by atoms with van der Waals surface area (Å²) < 4.78 is 0. The van der Waals surface area contributed by atoms with Gasteiger partial charge in [-0.1, -0.05) is 117 Å². The molecule has 0 amide bonds. The van der Waals surface area contributed by atoms with E-state index in [0.29, 0.717) is 0 Å². The number of rotatable bonds is 14. The van der Waals surface area contributed by atoms with E-state index in [9.17, 15) is 0 Å². The van der Waals surface area contributed by atoms with E-state index in [-0.39, 0.29) is 0 Å². The summed E-state index contributed by atoms with van der Waals surface area (Å²) in [6, 6.07) is 0. The maximum absolute atomic E-state index is 2.34. The van der Waals surface area contributed by atoms with E-state index in [1.54, 1.807) is 128 Å². The molecule has 0 radical (unpaired) electrons. The quantitative estimate of drug-likeness (QED) is 0.188. The SMILES string of the molecule is CCCCCCCC1CCC(C2CCC3(CC2)CC2(CCC(C4CCC(CCCCCCC)CC4)CC2)C3)CC1. The van der Waals surface area contributed by atoms with Gasteiger partial charge in [-0.25, -0.2) is 0 Å². The van der Waals surface area contributed by atoms with Gasteiger partial charge in [0.15, 0.2) is 0 Å². The Kier molecular flexibility index (Phi) is 12.3. The highest BCUT2D eigenvalue weighted by atomic mass is 14.6. The summed E-state index contributed by atoms with van der Waals surface area (Å²) in [7, 11) is 0. The van der Waals surface area contributed by atoms with Crippen molar-refractivity contribution in [3.8, 4) is 0 Å².